The van der Waals surface area contributed by atoms with Crippen molar-refractivity contribution in [1.29, 1.82) is 0 Å². The maximum absolute atomic E-state index is 12.2. The molecule has 0 aliphatic carbocycles. The van der Waals surface area contributed by atoms with Crippen LogP contribution >= 0.6 is 28.3 Å². The number of nitrogens with one attached hydrogen (secondary N) is 2. The number of amides is 1. The predicted molar refractivity (Wildman–Crippen MR) is 109 cm³/mol. The summed E-state index contributed by atoms with van der Waals surface area (Å²) < 4.78 is 0.919. The number of piperidine rings is 1. The van der Waals surface area contributed by atoms with Gasteiger partial charge in [0.05, 0.1) is 21.2 Å². The largest absolute Gasteiger partial charge is 0.368 e. The number of aromatic amines is 1. The highest BCUT2D eigenvalue weighted by Gasteiger charge is 2.23. The molecule has 0 saturated carbocycles. The van der Waals surface area contributed by atoms with Crippen LogP contribution in [0.5, 0.6) is 0 Å². The number of hydrogen-bond acceptors (Lipinski definition) is 4. The quantitative estimate of drug-likeness (QED) is 0.691. The van der Waals surface area contributed by atoms with Crippen molar-refractivity contribution in [2.75, 3.05) is 23.3 Å². The van der Waals surface area contributed by atoms with Crippen molar-refractivity contribution in [2.45, 2.75) is 39.2 Å². The third-order valence-corrected chi connectivity index (χ3v) is 4.85. The van der Waals surface area contributed by atoms with Crippen LogP contribution in [0.3, 0.4) is 0 Å². The summed E-state index contributed by atoms with van der Waals surface area (Å²) in [6, 6.07) is 0.173. The van der Waals surface area contributed by atoms with E-state index in [4.69, 9.17) is 5.73 Å². The van der Waals surface area contributed by atoms with E-state index in [0.717, 1.165) is 52.8 Å². The zero-order chi connectivity index (χ0) is 17.3. The number of pyridine rings is 1. The molecule has 0 spiro atoms. The van der Waals surface area contributed by atoms with Crippen LogP contribution in [0, 0.1) is 5.92 Å². The lowest BCUT2D eigenvalue weighted by Crippen LogP contribution is -2.43. The SMILES string of the molecule is CC(C)CC(=O)Nc1c[nH]c2ncc(Br)c(N3CCCC(N)C3)c12.Cl. The van der Waals surface area contributed by atoms with E-state index in [1.807, 2.05) is 20.0 Å². The van der Waals surface area contributed by atoms with Gasteiger partial charge >= 0.3 is 0 Å². The Morgan fingerprint density at radius 3 is 3.00 bits per heavy atom. The van der Waals surface area contributed by atoms with Crippen LogP contribution in [0.2, 0.25) is 0 Å². The summed E-state index contributed by atoms with van der Waals surface area (Å²) in [5.74, 6) is 0.340. The predicted octanol–water partition coefficient (Wildman–Crippen LogP) is 3.66. The van der Waals surface area contributed by atoms with Crippen LogP contribution in [0.15, 0.2) is 16.9 Å². The third kappa shape index (κ3) is 4.46. The molecule has 8 heteroatoms. The second-order valence-corrected chi connectivity index (χ2v) is 7.73. The summed E-state index contributed by atoms with van der Waals surface area (Å²) in [6.07, 6.45) is 6.23. The number of halogens is 2. The van der Waals surface area contributed by atoms with Crippen molar-refractivity contribution in [2.24, 2.45) is 11.7 Å². The van der Waals surface area contributed by atoms with Gasteiger partial charge in [0.1, 0.15) is 5.65 Å². The van der Waals surface area contributed by atoms with Gasteiger partial charge in [0.25, 0.3) is 0 Å². The van der Waals surface area contributed by atoms with Crippen LogP contribution in [0.1, 0.15) is 33.1 Å². The molecule has 1 fully saturated rings. The van der Waals surface area contributed by atoms with Crippen molar-refractivity contribution in [3.05, 3.63) is 16.9 Å². The highest BCUT2D eigenvalue weighted by Crippen LogP contribution is 2.38. The molecule has 4 N–H and O–H groups in total. The van der Waals surface area contributed by atoms with Crippen molar-refractivity contribution >= 4 is 56.7 Å². The average Bonchev–Trinajstić information content (AvgIpc) is 2.89. The molecule has 1 amide bonds. The molecule has 0 aromatic carbocycles. The summed E-state index contributed by atoms with van der Waals surface area (Å²) in [4.78, 5) is 22.1. The van der Waals surface area contributed by atoms with E-state index < -0.39 is 0 Å². The van der Waals surface area contributed by atoms with Crippen LogP contribution in [-0.4, -0.2) is 35.0 Å². The van der Waals surface area contributed by atoms with Gasteiger partial charge in [-0.15, -0.1) is 12.4 Å². The van der Waals surface area contributed by atoms with Crippen molar-refractivity contribution in [1.82, 2.24) is 9.97 Å². The summed E-state index contributed by atoms with van der Waals surface area (Å²) >= 11 is 3.63. The van der Waals surface area contributed by atoms with E-state index in [-0.39, 0.29) is 24.4 Å². The maximum atomic E-state index is 12.2. The molecule has 1 atom stereocenters. The lowest BCUT2D eigenvalue weighted by atomic mass is 10.1. The molecular formula is C17H25BrClN5O. The number of rotatable bonds is 4. The fourth-order valence-electron chi connectivity index (χ4n) is 3.25. The Balaban J connectivity index is 0.00000225. The Morgan fingerprint density at radius 2 is 2.32 bits per heavy atom. The minimum absolute atomic E-state index is 0. The molecule has 0 bridgehead atoms. The molecule has 0 radical (unpaired) electrons. The third-order valence-electron chi connectivity index (χ3n) is 4.27. The molecule has 1 aliphatic heterocycles. The van der Waals surface area contributed by atoms with E-state index in [9.17, 15) is 4.79 Å². The first-order valence-corrected chi connectivity index (χ1v) is 9.21. The Labute approximate surface area is 162 Å². The van der Waals surface area contributed by atoms with E-state index in [1.165, 1.54) is 0 Å². The van der Waals surface area contributed by atoms with Crippen LogP contribution in [0.25, 0.3) is 11.0 Å². The molecule has 138 valence electrons. The number of fused-ring (bicyclic) bond motifs is 1. The van der Waals surface area contributed by atoms with Crippen LogP contribution < -0.4 is 16.0 Å². The number of carbonyl (C=O) groups is 1. The van der Waals surface area contributed by atoms with Gasteiger partial charge in [-0.05, 0) is 34.7 Å². The second kappa shape index (κ2) is 8.38. The van der Waals surface area contributed by atoms with Crippen LogP contribution in [-0.2, 0) is 4.79 Å². The molecule has 2 aromatic rings. The van der Waals surface area contributed by atoms with Gasteiger partial charge in [0, 0.05) is 37.9 Å². The summed E-state index contributed by atoms with van der Waals surface area (Å²) in [7, 11) is 0. The second-order valence-electron chi connectivity index (χ2n) is 6.88. The number of nitrogens with zero attached hydrogens (tertiary/aromatic N) is 2. The molecule has 3 rings (SSSR count). The van der Waals surface area contributed by atoms with Gasteiger partial charge in [-0.3, -0.25) is 4.79 Å². The van der Waals surface area contributed by atoms with Gasteiger partial charge in [0.2, 0.25) is 5.91 Å². The maximum Gasteiger partial charge on any atom is 0.224 e. The number of hydrogen-bond donors (Lipinski definition) is 3. The van der Waals surface area contributed by atoms with Crippen LogP contribution in [0.4, 0.5) is 11.4 Å². The molecule has 1 aliphatic rings. The lowest BCUT2D eigenvalue weighted by molar-refractivity contribution is -0.116. The number of H-pyrrole nitrogens is 1. The molecule has 1 unspecified atom stereocenters. The normalized spacial score (nSPS) is 17.6. The zero-order valence-corrected chi connectivity index (χ0v) is 16.9. The van der Waals surface area contributed by atoms with Gasteiger partial charge < -0.3 is 20.9 Å². The minimum Gasteiger partial charge on any atom is -0.368 e. The summed E-state index contributed by atoms with van der Waals surface area (Å²) in [5, 5.41) is 3.97. The number of aromatic nitrogens is 2. The van der Waals surface area contributed by atoms with E-state index in [0.29, 0.717) is 12.3 Å². The minimum atomic E-state index is 0. The molecule has 6 nitrogen and oxygen atoms in total. The zero-order valence-electron chi connectivity index (χ0n) is 14.5. The Morgan fingerprint density at radius 1 is 1.56 bits per heavy atom. The fraction of sp³-hybridized carbons (Fsp3) is 0.529. The summed E-state index contributed by atoms with van der Waals surface area (Å²) in [6.45, 7) is 5.83. The van der Waals surface area contributed by atoms with Gasteiger partial charge in [0.15, 0.2) is 0 Å². The van der Waals surface area contributed by atoms with E-state index in [1.54, 1.807) is 6.20 Å². The average molecular weight is 431 g/mol. The molecule has 1 saturated heterocycles. The topological polar surface area (TPSA) is 87.0 Å². The Bertz CT molecular complexity index is 748. The molecular weight excluding hydrogens is 406 g/mol. The Kier molecular flexibility index (Phi) is 6.71. The van der Waals surface area contributed by atoms with Crippen molar-refractivity contribution in [3.8, 4) is 0 Å². The van der Waals surface area contributed by atoms with Crippen molar-refractivity contribution in [3.63, 3.8) is 0 Å². The molecule has 25 heavy (non-hydrogen) atoms. The number of carbonyl (C=O) groups excluding carboxylic acids is 1. The number of nitrogens with two attached hydrogens (primary N) is 1. The van der Waals surface area contributed by atoms with Gasteiger partial charge in [-0.2, -0.15) is 0 Å². The molecule has 3 heterocycles. The first-order valence-electron chi connectivity index (χ1n) is 8.41. The number of anilines is 2. The molecule has 2 aromatic heterocycles. The van der Waals surface area contributed by atoms with Gasteiger partial charge in [-0.25, -0.2) is 4.98 Å². The van der Waals surface area contributed by atoms with E-state index >= 15 is 0 Å². The van der Waals surface area contributed by atoms with Crippen molar-refractivity contribution < 1.29 is 4.79 Å². The highest BCUT2D eigenvalue weighted by atomic mass is 79.9. The standard InChI is InChI=1S/C17H24BrN5O.ClH/c1-10(2)6-14(24)22-13-8-21-17-15(13)16(12(18)7-20-17)23-5-3-4-11(19)9-23;/h7-8,10-11H,3-6,9,19H2,1-2H3,(H,20,21)(H,22,24);1H. The van der Waals surface area contributed by atoms with Gasteiger partial charge in [-0.1, -0.05) is 13.8 Å². The first-order chi connectivity index (χ1) is 11.5. The fourth-order valence-corrected chi connectivity index (χ4v) is 3.80. The smallest absolute Gasteiger partial charge is 0.224 e. The Hall–Kier alpha value is -1.31. The lowest BCUT2D eigenvalue weighted by Gasteiger charge is -2.33. The van der Waals surface area contributed by atoms with E-state index in [2.05, 4.69) is 36.1 Å². The highest BCUT2D eigenvalue weighted by molar-refractivity contribution is 9.10. The summed E-state index contributed by atoms with van der Waals surface area (Å²) in [5.41, 5.74) is 8.75. The monoisotopic (exact) mass is 429 g/mol. The first kappa shape index (κ1) is 20.0.